The lowest BCUT2D eigenvalue weighted by molar-refractivity contribution is 0.296. The van der Waals surface area contributed by atoms with Crippen LogP contribution in [0.4, 0.5) is 10.2 Å². The molecule has 3 aromatic rings. The van der Waals surface area contributed by atoms with E-state index in [0.29, 0.717) is 17.4 Å². The summed E-state index contributed by atoms with van der Waals surface area (Å²) in [6.07, 6.45) is 1.71. The van der Waals surface area contributed by atoms with Crippen molar-refractivity contribution in [3.63, 3.8) is 0 Å². The third kappa shape index (κ3) is 2.62. The summed E-state index contributed by atoms with van der Waals surface area (Å²) in [6, 6.07) is 5.83. The molecule has 0 atom stereocenters. The van der Waals surface area contributed by atoms with Crippen LogP contribution >= 0.6 is 0 Å². The normalized spacial score (nSPS) is 10.8. The van der Waals surface area contributed by atoms with E-state index in [1.807, 2.05) is 7.05 Å². The Hall–Kier alpha value is -2.70. The Morgan fingerprint density at radius 2 is 2.00 bits per heavy atom. The van der Waals surface area contributed by atoms with Crippen molar-refractivity contribution >= 4 is 16.9 Å². The number of ether oxygens (including phenoxy) is 1. The van der Waals surface area contributed by atoms with Crippen molar-refractivity contribution in [2.75, 3.05) is 12.4 Å². The molecule has 3 rings (SSSR count). The van der Waals surface area contributed by atoms with E-state index in [2.05, 4.69) is 20.4 Å². The highest BCUT2D eigenvalue weighted by Crippen LogP contribution is 2.20. The van der Waals surface area contributed by atoms with Crippen molar-refractivity contribution in [3.05, 3.63) is 42.1 Å². The zero-order valence-electron chi connectivity index (χ0n) is 11.7. The molecule has 0 radical (unpaired) electrons. The van der Waals surface area contributed by atoms with E-state index in [9.17, 15) is 4.39 Å². The van der Waals surface area contributed by atoms with E-state index >= 15 is 0 Å². The number of nitrogens with zero attached hydrogens (tertiary/aromatic N) is 4. The van der Waals surface area contributed by atoms with Crippen molar-refractivity contribution in [3.8, 4) is 5.75 Å². The lowest BCUT2D eigenvalue weighted by atomic mass is 10.3. The maximum absolute atomic E-state index is 12.8. The number of aryl methyl sites for hydroxylation is 1. The first-order valence-corrected chi connectivity index (χ1v) is 6.42. The standard InChI is InChI=1S/C14H14FN5O/c1-16-13-11-7-17-20(2)14(11)19-12(18-13)8-21-10-5-3-9(15)4-6-10/h3-7H,8H2,1-2H3,(H,16,18,19). The molecule has 0 saturated heterocycles. The lowest BCUT2D eigenvalue weighted by Crippen LogP contribution is -2.06. The van der Waals surface area contributed by atoms with Gasteiger partial charge in [-0.15, -0.1) is 0 Å². The molecule has 6 nitrogen and oxygen atoms in total. The van der Waals surface area contributed by atoms with Gasteiger partial charge in [0, 0.05) is 14.1 Å². The van der Waals surface area contributed by atoms with E-state index in [1.54, 1.807) is 30.1 Å². The number of benzene rings is 1. The summed E-state index contributed by atoms with van der Waals surface area (Å²) in [5.41, 5.74) is 0.729. The van der Waals surface area contributed by atoms with Gasteiger partial charge >= 0.3 is 0 Å². The van der Waals surface area contributed by atoms with Gasteiger partial charge in [0.15, 0.2) is 11.5 Å². The highest BCUT2D eigenvalue weighted by molar-refractivity contribution is 5.86. The van der Waals surface area contributed by atoms with E-state index < -0.39 is 0 Å². The van der Waals surface area contributed by atoms with Gasteiger partial charge in [0.1, 0.15) is 24.0 Å². The number of hydrogen-bond donors (Lipinski definition) is 1. The highest BCUT2D eigenvalue weighted by atomic mass is 19.1. The van der Waals surface area contributed by atoms with Gasteiger partial charge in [-0.25, -0.2) is 14.4 Å². The fourth-order valence-electron chi connectivity index (χ4n) is 2.00. The third-order valence-corrected chi connectivity index (χ3v) is 3.06. The number of rotatable bonds is 4. The molecule has 0 bridgehead atoms. The van der Waals surface area contributed by atoms with Gasteiger partial charge in [0.05, 0.1) is 11.6 Å². The zero-order chi connectivity index (χ0) is 14.8. The zero-order valence-corrected chi connectivity index (χ0v) is 11.7. The van der Waals surface area contributed by atoms with Crippen LogP contribution in [0, 0.1) is 5.82 Å². The summed E-state index contributed by atoms with van der Waals surface area (Å²) in [5.74, 6) is 1.49. The molecular formula is C14H14FN5O. The third-order valence-electron chi connectivity index (χ3n) is 3.06. The summed E-state index contributed by atoms with van der Waals surface area (Å²) in [6.45, 7) is 0.196. The topological polar surface area (TPSA) is 64.9 Å². The Labute approximate surface area is 120 Å². The smallest absolute Gasteiger partial charge is 0.170 e. The molecule has 0 spiro atoms. The molecule has 21 heavy (non-hydrogen) atoms. The van der Waals surface area contributed by atoms with Crippen LogP contribution in [-0.4, -0.2) is 26.8 Å². The first-order valence-electron chi connectivity index (χ1n) is 6.42. The minimum Gasteiger partial charge on any atom is -0.486 e. The van der Waals surface area contributed by atoms with Crippen LogP contribution in [0.5, 0.6) is 5.75 Å². The molecule has 7 heteroatoms. The van der Waals surface area contributed by atoms with Crippen molar-refractivity contribution in [1.82, 2.24) is 19.7 Å². The monoisotopic (exact) mass is 287 g/mol. The Balaban J connectivity index is 1.86. The molecule has 0 fully saturated rings. The summed E-state index contributed by atoms with van der Waals surface area (Å²) in [4.78, 5) is 8.82. The van der Waals surface area contributed by atoms with E-state index in [-0.39, 0.29) is 12.4 Å². The van der Waals surface area contributed by atoms with Crippen LogP contribution in [0.15, 0.2) is 30.5 Å². The van der Waals surface area contributed by atoms with Crippen molar-refractivity contribution in [2.45, 2.75) is 6.61 Å². The van der Waals surface area contributed by atoms with Gasteiger partial charge < -0.3 is 10.1 Å². The summed E-state index contributed by atoms with van der Waals surface area (Å²) < 4.78 is 20.1. The van der Waals surface area contributed by atoms with Gasteiger partial charge in [-0.3, -0.25) is 4.68 Å². The van der Waals surface area contributed by atoms with Crippen LogP contribution in [0.2, 0.25) is 0 Å². The van der Waals surface area contributed by atoms with E-state index in [1.165, 1.54) is 12.1 Å². The van der Waals surface area contributed by atoms with Crippen LogP contribution < -0.4 is 10.1 Å². The summed E-state index contributed by atoms with van der Waals surface area (Å²) in [5, 5.41) is 8.04. The van der Waals surface area contributed by atoms with Gasteiger partial charge in [0.25, 0.3) is 0 Å². The largest absolute Gasteiger partial charge is 0.486 e. The minimum atomic E-state index is -0.299. The molecule has 0 aliphatic rings. The molecule has 1 N–H and O–H groups in total. The van der Waals surface area contributed by atoms with Crippen molar-refractivity contribution < 1.29 is 9.13 Å². The van der Waals surface area contributed by atoms with Crippen LogP contribution in [0.3, 0.4) is 0 Å². The van der Waals surface area contributed by atoms with Gasteiger partial charge in [-0.2, -0.15) is 5.10 Å². The molecule has 2 heterocycles. The Bertz CT molecular complexity index is 769. The minimum absolute atomic E-state index is 0.196. The number of aromatic nitrogens is 4. The number of hydrogen-bond acceptors (Lipinski definition) is 5. The fraction of sp³-hybridized carbons (Fsp3) is 0.214. The number of fused-ring (bicyclic) bond motifs is 1. The Morgan fingerprint density at radius 3 is 2.71 bits per heavy atom. The van der Waals surface area contributed by atoms with Gasteiger partial charge in [0.2, 0.25) is 0 Å². The van der Waals surface area contributed by atoms with Gasteiger partial charge in [-0.1, -0.05) is 0 Å². The SMILES string of the molecule is CNc1nc(COc2ccc(F)cc2)nc2c1cnn2C. The van der Waals surface area contributed by atoms with Gasteiger partial charge in [-0.05, 0) is 24.3 Å². The number of nitrogens with one attached hydrogen (secondary N) is 1. The molecule has 0 aliphatic carbocycles. The maximum Gasteiger partial charge on any atom is 0.170 e. The average molecular weight is 287 g/mol. The summed E-state index contributed by atoms with van der Waals surface area (Å²) in [7, 11) is 3.61. The quantitative estimate of drug-likeness (QED) is 0.796. The second-order valence-electron chi connectivity index (χ2n) is 4.49. The molecule has 0 saturated carbocycles. The second kappa shape index (κ2) is 5.35. The van der Waals surface area contributed by atoms with E-state index in [0.717, 1.165) is 11.0 Å². The first kappa shape index (κ1) is 13.3. The molecule has 108 valence electrons. The van der Waals surface area contributed by atoms with Crippen molar-refractivity contribution in [1.29, 1.82) is 0 Å². The molecular weight excluding hydrogens is 273 g/mol. The number of anilines is 1. The first-order chi connectivity index (χ1) is 10.2. The Morgan fingerprint density at radius 1 is 1.24 bits per heavy atom. The molecule has 0 aliphatic heterocycles. The fourth-order valence-corrected chi connectivity index (χ4v) is 2.00. The molecule has 0 amide bonds. The number of halogens is 1. The molecule has 2 aromatic heterocycles. The maximum atomic E-state index is 12.8. The Kier molecular flexibility index (Phi) is 3.39. The summed E-state index contributed by atoms with van der Waals surface area (Å²) >= 11 is 0. The van der Waals surface area contributed by atoms with Crippen molar-refractivity contribution in [2.24, 2.45) is 7.05 Å². The molecule has 0 unspecified atom stereocenters. The predicted octanol–water partition coefficient (Wildman–Crippen LogP) is 2.12. The van der Waals surface area contributed by atoms with Crippen LogP contribution in [-0.2, 0) is 13.7 Å². The van der Waals surface area contributed by atoms with Crippen LogP contribution in [0.1, 0.15) is 5.82 Å². The predicted molar refractivity (Wildman–Crippen MR) is 76.6 cm³/mol. The van der Waals surface area contributed by atoms with Crippen LogP contribution in [0.25, 0.3) is 11.0 Å². The highest BCUT2D eigenvalue weighted by Gasteiger charge is 2.10. The average Bonchev–Trinajstić information content (AvgIpc) is 2.87. The second-order valence-corrected chi connectivity index (χ2v) is 4.49. The van der Waals surface area contributed by atoms with E-state index in [4.69, 9.17) is 4.74 Å². The lowest BCUT2D eigenvalue weighted by Gasteiger charge is -2.08. The molecule has 1 aromatic carbocycles.